The van der Waals surface area contributed by atoms with Gasteiger partial charge in [-0.25, -0.2) is 9.37 Å². The van der Waals surface area contributed by atoms with E-state index < -0.39 is 11.9 Å². The normalized spacial score (nSPS) is 10.0. The van der Waals surface area contributed by atoms with E-state index in [0.717, 1.165) is 23.0 Å². The van der Waals surface area contributed by atoms with Crippen molar-refractivity contribution >= 4 is 11.8 Å². The van der Waals surface area contributed by atoms with Gasteiger partial charge in [0, 0.05) is 17.9 Å². The van der Waals surface area contributed by atoms with Crippen LogP contribution in [-0.2, 0) is 0 Å². The Bertz CT molecular complexity index is 517. The second kappa shape index (κ2) is 6.45. The van der Waals surface area contributed by atoms with E-state index >= 15 is 0 Å². The summed E-state index contributed by atoms with van der Waals surface area (Å²) in [7, 11) is 0. The van der Waals surface area contributed by atoms with Gasteiger partial charge in [0.1, 0.15) is 11.1 Å². The summed E-state index contributed by atoms with van der Waals surface area (Å²) in [6.45, 7) is 3.55. The number of allylic oxidation sites excluding steroid dienone is 1. The number of hydrogen-bond donors (Lipinski definition) is 0. The lowest BCUT2D eigenvalue weighted by Gasteiger charge is -2.06. The summed E-state index contributed by atoms with van der Waals surface area (Å²) >= 11 is 1.10. The molecule has 0 aromatic carbocycles. The molecule has 0 atom stereocenters. The van der Waals surface area contributed by atoms with E-state index in [9.17, 15) is 13.2 Å². The number of halogens is 3. The van der Waals surface area contributed by atoms with Crippen LogP contribution >= 0.6 is 11.8 Å². The fraction of sp³-hybridized carbons (Fsp3) is 0.333. The van der Waals surface area contributed by atoms with E-state index in [0.29, 0.717) is 10.6 Å². The maximum Gasteiger partial charge on any atom is 0.301 e. The molecule has 0 unspecified atom stereocenters. The Kier molecular flexibility index (Phi) is 5.23. The molecule has 96 valence electrons. The average molecular weight is 272 g/mol. The summed E-state index contributed by atoms with van der Waals surface area (Å²) < 4.78 is 36.3. The smallest absolute Gasteiger partial charge is 0.245 e. The zero-order valence-electron chi connectivity index (χ0n) is 9.93. The number of nitriles is 1. The molecular formula is C12H11F3N2S. The fourth-order valence-corrected chi connectivity index (χ4v) is 2.41. The lowest BCUT2D eigenvalue weighted by Crippen LogP contribution is -1.95. The maximum atomic E-state index is 12.6. The van der Waals surface area contributed by atoms with Crippen molar-refractivity contribution in [3.05, 3.63) is 34.8 Å². The van der Waals surface area contributed by atoms with Gasteiger partial charge in [0.25, 0.3) is 0 Å². The molecule has 6 heteroatoms. The minimum Gasteiger partial charge on any atom is -0.245 e. The second-order valence-corrected chi connectivity index (χ2v) is 4.72. The summed E-state index contributed by atoms with van der Waals surface area (Å²) in [6, 6.07) is 3.78. The Labute approximate surface area is 108 Å². The van der Waals surface area contributed by atoms with Crippen molar-refractivity contribution in [2.75, 3.05) is 5.75 Å². The van der Waals surface area contributed by atoms with Crippen molar-refractivity contribution in [3.8, 4) is 6.07 Å². The molecule has 1 aromatic heterocycles. The van der Waals surface area contributed by atoms with Gasteiger partial charge in [0.15, 0.2) is 5.83 Å². The monoisotopic (exact) mass is 272 g/mol. The van der Waals surface area contributed by atoms with Gasteiger partial charge in [0.05, 0.1) is 5.56 Å². The highest BCUT2D eigenvalue weighted by molar-refractivity contribution is 7.99. The Morgan fingerprint density at radius 3 is 2.61 bits per heavy atom. The Balaban J connectivity index is 2.80. The zero-order valence-corrected chi connectivity index (χ0v) is 10.7. The lowest BCUT2D eigenvalue weighted by molar-refractivity contribution is 0.373. The quantitative estimate of drug-likeness (QED) is 0.773. The molecule has 1 heterocycles. The van der Waals surface area contributed by atoms with Crippen molar-refractivity contribution in [3.63, 3.8) is 0 Å². The molecule has 0 fully saturated rings. The van der Waals surface area contributed by atoms with E-state index in [1.807, 2.05) is 6.07 Å². The third-order valence-corrected chi connectivity index (χ3v) is 3.17. The molecule has 0 spiro atoms. The van der Waals surface area contributed by atoms with Gasteiger partial charge < -0.3 is 0 Å². The first kappa shape index (κ1) is 14.6. The predicted molar refractivity (Wildman–Crippen MR) is 64.1 cm³/mol. The number of aromatic nitrogens is 1. The van der Waals surface area contributed by atoms with Crippen LogP contribution in [0.15, 0.2) is 23.0 Å². The molecule has 18 heavy (non-hydrogen) atoms. The second-order valence-electron chi connectivity index (χ2n) is 3.64. The van der Waals surface area contributed by atoms with Gasteiger partial charge in [-0.2, -0.15) is 14.0 Å². The van der Waals surface area contributed by atoms with Crippen molar-refractivity contribution in [1.29, 1.82) is 5.26 Å². The molecule has 0 aliphatic heterocycles. The third kappa shape index (κ3) is 3.77. The van der Waals surface area contributed by atoms with Crippen LogP contribution in [0.5, 0.6) is 0 Å². The number of aryl methyl sites for hydroxylation is 2. The number of thioether (sulfide) groups is 1. The van der Waals surface area contributed by atoms with Crippen LogP contribution in [-0.4, -0.2) is 10.7 Å². The Morgan fingerprint density at radius 1 is 1.39 bits per heavy atom. The summed E-state index contributed by atoms with van der Waals surface area (Å²) in [5.74, 6) is -1.29. The van der Waals surface area contributed by atoms with Gasteiger partial charge in [0.2, 0.25) is 0 Å². The molecule has 0 amide bonds. The summed E-state index contributed by atoms with van der Waals surface area (Å²) in [5, 5.41) is 9.44. The molecule has 0 aliphatic carbocycles. The van der Waals surface area contributed by atoms with E-state index in [4.69, 9.17) is 5.26 Å². The van der Waals surface area contributed by atoms with Crippen LogP contribution in [0.4, 0.5) is 13.2 Å². The van der Waals surface area contributed by atoms with Crippen LogP contribution in [0.2, 0.25) is 0 Å². The van der Waals surface area contributed by atoms with Crippen LogP contribution in [0, 0.1) is 25.2 Å². The largest absolute Gasteiger partial charge is 0.301 e. The molecule has 1 rings (SSSR count). The van der Waals surface area contributed by atoms with Crippen LogP contribution in [0.25, 0.3) is 0 Å². The van der Waals surface area contributed by atoms with Crippen molar-refractivity contribution < 1.29 is 13.2 Å². The summed E-state index contributed by atoms with van der Waals surface area (Å²) in [5.41, 5.74) is 1.93. The first-order valence-electron chi connectivity index (χ1n) is 5.16. The topological polar surface area (TPSA) is 36.7 Å². The highest BCUT2D eigenvalue weighted by Gasteiger charge is 2.10. The Hall–Kier alpha value is -1.48. The highest BCUT2D eigenvalue weighted by atomic mass is 32.2. The lowest BCUT2D eigenvalue weighted by atomic mass is 10.1. The Morgan fingerprint density at radius 2 is 2.06 bits per heavy atom. The van der Waals surface area contributed by atoms with E-state index in [-0.39, 0.29) is 12.2 Å². The van der Waals surface area contributed by atoms with E-state index in [1.54, 1.807) is 19.9 Å². The number of pyridine rings is 1. The fourth-order valence-electron chi connectivity index (χ4n) is 1.37. The molecule has 0 saturated carbocycles. The average Bonchev–Trinajstić information content (AvgIpc) is 2.28. The predicted octanol–water partition coefficient (Wildman–Crippen LogP) is 4.13. The van der Waals surface area contributed by atoms with Gasteiger partial charge in [-0.1, -0.05) is 0 Å². The van der Waals surface area contributed by atoms with E-state index in [2.05, 4.69) is 4.98 Å². The molecule has 0 bridgehead atoms. The summed E-state index contributed by atoms with van der Waals surface area (Å²) in [4.78, 5) is 4.16. The van der Waals surface area contributed by atoms with E-state index in [1.165, 1.54) is 0 Å². The zero-order chi connectivity index (χ0) is 13.7. The van der Waals surface area contributed by atoms with Crippen LogP contribution in [0.1, 0.15) is 23.2 Å². The molecule has 0 radical (unpaired) electrons. The molecule has 1 aromatic rings. The van der Waals surface area contributed by atoms with Crippen LogP contribution in [0.3, 0.4) is 0 Å². The third-order valence-electron chi connectivity index (χ3n) is 2.19. The van der Waals surface area contributed by atoms with Gasteiger partial charge in [-0.3, -0.25) is 0 Å². The standard InChI is InChI=1S/C12H11F3N2S/c1-7-5-8(2)17-12(9(7)6-16)18-4-3-10(13)11(14)15/h5H,3-4H2,1-2H3. The molecule has 2 nitrogen and oxygen atoms in total. The summed E-state index contributed by atoms with van der Waals surface area (Å²) in [6.07, 6.45) is -2.66. The molecule has 0 aliphatic rings. The molecule has 0 N–H and O–H groups in total. The number of nitrogens with zero attached hydrogens (tertiary/aromatic N) is 2. The van der Waals surface area contributed by atoms with Crippen molar-refractivity contribution in [2.24, 2.45) is 0 Å². The number of rotatable bonds is 4. The highest BCUT2D eigenvalue weighted by Crippen LogP contribution is 2.26. The van der Waals surface area contributed by atoms with Gasteiger partial charge in [-0.15, -0.1) is 11.8 Å². The van der Waals surface area contributed by atoms with Crippen molar-refractivity contribution in [2.45, 2.75) is 25.3 Å². The van der Waals surface area contributed by atoms with Crippen LogP contribution < -0.4 is 0 Å². The molecule has 0 saturated heterocycles. The first-order valence-corrected chi connectivity index (χ1v) is 6.15. The first-order chi connectivity index (χ1) is 8.45. The van der Waals surface area contributed by atoms with Gasteiger partial charge in [-0.05, 0) is 25.5 Å². The minimum absolute atomic E-state index is 0.119. The maximum absolute atomic E-state index is 12.6. The number of hydrogen-bond acceptors (Lipinski definition) is 3. The molecular weight excluding hydrogens is 261 g/mol. The SMILES string of the molecule is Cc1cc(C)c(C#N)c(SCCC(F)=C(F)F)n1. The van der Waals surface area contributed by atoms with Gasteiger partial charge >= 0.3 is 6.08 Å². The van der Waals surface area contributed by atoms with Crippen molar-refractivity contribution in [1.82, 2.24) is 4.98 Å². The minimum atomic E-state index is -2.29.